The molecule has 0 bridgehead atoms. The summed E-state index contributed by atoms with van der Waals surface area (Å²) in [4.78, 5) is 0. The Bertz CT molecular complexity index is 1470. The molecular weight excluding hydrogens is 388 g/mol. The van der Waals surface area contributed by atoms with Crippen LogP contribution in [0.1, 0.15) is 25.0 Å². The molecule has 0 saturated carbocycles. The molecule has 0 spiro atoms. The second-order valence-corrected chi connectivity index (χ2v) is 8.73. The lowest BCUT2D eigenvalue weighted by Gasteiger charge is -2.06. The van der Waals surface area contributed by atoms with Crippen molar-refractivity contribution in [3.8, 4) is 0 Å². The number of nitrogens with zero attached hydrogens (tertiary/aromatic N) is 2. The van der Waals surface area contributed by atoms with E-state index >= 15 is 0 Å². The highest BCUT2D eigenvalue weighted by atomic mass is 15.0. The third-order valence-electron chi connectivity index (χ3n) is 7.01. The quantitative estimate of drug-likeness (QED) is 0.272. The maximum absolute atomic E-state index is 2.42. The molecule has 0 fully saturated rings. The molecule has 0 aliphatic carbocycles. The van der Waals surface area contributed by atoms with E-state index in [2.05, 4.69) is 108 Å². The molecule has 2 nitrogen and oxygen atoms in total. The first-order valence-electron chi connectivity index (χ1n) is 11.8. The molecule has 0 atom stereocenters. The van der Waals surface area contributed by atoms with Crippen LogP contribution in [0.2, 0.25) is 0 Å². The van der Waals surface area contributed by atoms with Crippen LogP contribution in [-0.4, -0.2) is 9.13 Å². The highest BCUT2D eigenvalue weighted by Crippen LogP contribution is 2.32. The molecular formula is C30H28N2. The monoisotopic (exact) mass is 416 g/mol. The second kappa shape index (κ2) is 7.56. The summed E-state index contributed by atoms with van der Waals surface area (Å²) in [5.41, 5.74) is 8.16. The van der Waals surface area contributed by atoms with Crippen LogP contribution in [0.25, 0.3) is 43.6 Å². The molecule has 0 radical (unpaired) electrons. The smallest absolute Gasteiger partial charge is 0.0491 e. The van der Waals surface area contributed by atoms with Crippen LogP contribution in [0.4, 0.5) is 0 Å². The molecule has 0 aliphatic heterocycles. The molecule has 4 aromatic carbocycles. The summed E-state index contributed by atoms with van der Waals surface area (Å²) in [5, 5.41) is 5.47. The fourth-order valence-corrected chi connectivity index (χ4v) is 5.48. The minimum absolute atomic E-state index is 0.995. The third-order valence-corrected chi connectivity index (χ3v) is 7.01. The van der Waals surface area contributed by atoms with Gasteiger partial charge in [-0.1, -0.05) is 48.5 Å². The lowest BCUT2D eigenvalue weighted by molar-refractivity contribution is 0.826. The van der Waals surface area contributed by atoms with Gasteiger partial charge in [-0.05, 0) is 74.2 Å². The number of hydrogen-bond donors (Lipinski definition) is 0. The van der Waals surface area contributed by atoms with Gasteiger partial charge in [-0.15, -0.1) is 0 Å². The average Bonchev–Trinajstić information content (AvgIpc) is 3.34. The van der Waals surface area contributed by atoms with Crippen LogP contribution in [0.15, 0.2) is 84.9 Å². The number of fused-ring (bicyclic) bond motifs is 6. The van der Waals surface area contributed by atoms with E-state index in [0.717, 1.165) is 25.9 Å². The topological polar surface area (TPSA) is 9.86 Å². The predicted molar refractivity (Wildman–Crippen MR) is 138 cm³/mol. The van der Waals surface area contributed by atoms with Gasteiger partial charge in [-0.3, -0.25) is 0 Å². The van der Waals surface area contributed by atoms with Gasteiger partial charge in [0, 0.05) is 56.7 Å². The lowest BCUT2D eigenvalue weighted by Crippen LogP contribution is -1.95. The van der Waals surface area contributed by atoms with Crippen molar-refractivity contribution < 1.29 is 0 Å². The second-order valence-electron chi connectivity index (χ2n) is 8.73. The average molecular weight is 417 g/mol. The fraction of sp³-hybridized carbons (Fsp3) is 0.200. The summed E-state index contributed by atoms with van der Waals surface area (Å²) in [5.74, 6) is 0. The maximum atomic E-state index is 2.42. The Balaban J connectivity index is 1.36. The van der Waals surface area contributed by atoms with Crippen molar-refractivity contribution in [2.45, 2.75) is 39.8 Å². The zero-order valence-corrected chi connectivity index (χ0v) is 18.8. The number of para-hydroxylation sites is 2. The summed E-state index contributed by atoms with van der Waals surface area (Å²) in [7, 11) is 0. The predicted octanol–water partition coefficient (Wildman–Crippen LogP) is 7.73. The van der Waals surface area contributed by atoms with Gasteiger partial charge in [0.25, 0.3) is 0 Å². The Morgan fingerprint density at radius 2 is 0.875 bits per heavy atom. The van der Waals surface area contributed by atoms with E-state index in [1.807, 2.05) is 0 Å². The third kappa shape index (κ3) is 2.86. The van der Waals surface area contributed by atoms with E-state index in [-0.39, 0.29) is 0 Å². The van der Waals surface area contributed by atoms with Gasteiger partial charge in [-0.25, -0.2) is 0 Å². The van der Waals surface area contributed by atoms with Crippen molar-refractivity contribution in [3.05, 3.63) is 96.1 Å². The van der Waals surface area contributed by atoms with E-state index in [4.69, 9.17) is 0 Å². The Hall–Kier alpha value is -3.52. The van der Waals surface area contributed by atoms with E-state index < -0.39 is 0 Å². The van der Waals surface area contributed by atoms with Gasteiger partial charge in [0.05, 0.1) is 0 Å². The minimum atomic E-state index is 0.995. The van der Waals surface area contributed by atoms with E-state index in [1.165, 1.54) is 54.7 Å². The SMILES string of the molecule is CCn1c2ccccc2c2cc(CCc3ccc4c(c3)c3ccccc3n4CC)ccc21. The summed E-state index contributed by atoms with van der Waals surface area (Å²) in [6.45, 7) is 6.44. The minimum Gasteiger partial charge on any atom is -0.341 e. The molecule has 6 aromatic rings. The van der Waals surface area contributed by atoms with Crippen LogP contribution in [0.5, 0.6) is 0 Å². The van der Waals surface area contributed by atoms with Gasteiger partial charge < -0.3 is 9.13 Å². The van der Waals surface area contributed by atoms with Gasteiger partial charge in [0.15, 0.2) is 0 Å². The van der Waals surface area contributed by atoms with E-state index in [1.54, 1.807) is 0 Å². The standard InChI is InChI=1S/C30H28N2/c1-3-31-27-11-7-5-9-23(27)25-19-21(15-17-29(25)31)13-14-22-16-18-30-26(20-22)24-10-6-8-12-28(24)32(30)4-2/h5-12,15-20H,3-4,13-14H2,1-2H3. The summed E-state index contributed by atoms with van der Waals surface area (Å²) >= 11 is 0. The zero-order chi connectivity index (χ0) is 21.7. The fourth-order valence-electron chi connectivity index (χ4n) is 5.48. The van der Waals surface area contributed by atoms with Crippen LogP contribution < -0.4 is 0 Å². The maximum Gasteiger partial charge on any atom is 0.0491 e. The van der Waals surface area contributed by atoms with Crippen molar-refractivity contribution in [3.63, 3.8) is 0 Å². The molecule has 0 N–H and O–H groups in total. The van der Waals surface area contributed by atoms with Gasteiger partial charge in [-0.2, -0.15) is 0 Å². The van der Waals surface area contributed by atoms with Crippen LogP contribution >= 0.6 is 0 Å². The molecule has 0 unspecified atom stereocenters. The number of rotatable bonds is 5. The van der Waals surface area contributed by atoms with Crippen LogP contribution in [-0.2, 0) is 25.9 Å². The summed E-state index contributed by atoms with van der Waals surface area (Å²) in [6, 6.07) is 31.6. The Morgan fingerprint density at radius 1 is 0.469 bits per heavy atom. The first kappa shape index (κ1) is 19.2. The molecule has 158 valence electrons. The molecule has 2 aromatic heterocycles. The Kier molecular flexibility index (Phi) is 4.53. The lowest BCUT2D eigenvalue weighted by atomic mass is 10.0. The highest BCUT2D eigenvalue weighted by Gasteiger charge is 2.11. The van der Waals surface area contributed by atoms with Crippen LogP contribution in [0.3, 0.4) is 0 Å². The summed E-state index contributed by atoms with van der Waals surface area (Å²) < 4.78 is 4.84. The zero-order valence-electron chi connectivity index (χ0n) is 18.8. The van der Waals surface area contributed by atoms with E-state index in [0.29, 0.717) is 0 Å². The van der Waals surface area contributed by atoms with Crippen molar-refractivity contribution in [1.29, 1.82) is 0 Å². The number of aryl methyl sites for hydroxylation is 4. The highest BCUT2D eigenvalue weighted by molar-refractivity contribution is 6.09. The Morgan fingerprint density at radius 3 is 1.31 bits per heavy atom. The van der Waals surface area contributed by atoms with Crippen molar-refractivity contribution in [2.24, 2.45) is 0 Å². The number of aromatic nitrogens is 2. The number of hydrogen-bond acceptors (Lipinski definition) is 0. The molecule has 2 heterocycles. The van der Waals surface area contributed by atoms with Crippen molar-refractivity contribution in [2.75, 3.05) is 0 Å². The molecule has 2 heteroatoms. The van der Waals surface area contributed by atoms with Crippen molar-refractivity contribution in [1.82, 2.24) is 9.13 Å². The first-order valence-corrected chi connectivity index (χ1v) is 11.8. The molecule has 0 saturated heterocycles. The largest absolute Gasteiger partial charge is 0.341 e. The molecule has 6 rings (SSSR count). The van der Waals surface area contributed by atoms with Gasteiger partial charge in [0.2, 0.25) is 0 Å². The Labute approximate surface area is 188 Å². The van der Waals surface area contributed by atoms with Crippen LogP contribution in [0, 0.1) is 0 Å². The van der Waals surface area contributed by atoms with Gasteiger partial charge in [0.1, 0.15) is 0 Å². The first-order chi connectivity index (χ1) is 15.8. The van der Waals surface area contributed by atoms with Gasteiger partial charge >= 0.3 is 0 Å². The van der Waals surface area contributed by atoms with E-state index in [9.17, 15) is 0 Å². The molecule has 0 aliphatic rings. The molecule has 0 amide bonds. The summed E-state index contributed by atoms with van der Waals surface area (Å²) in [6.07, 6.45) is 2.11. The normalized spacial score (nSPS) is 11.9. The number of benzene rings is 4. The molecule has 32 heavy (non-hydrogen) atoms. The van der Waals surface area contributed by atoms with Crippen molar-refractivity contribution >= 4 is 43.6 Å².